The quantitative estimate of drug-likeness (QED) is 0.584. The zero-order valence-corrected chi connectivity index (χ0v) is 17.1. The average Bonchev–Trinajstić information content (AvgIpc) is 2.69. The first kappa shape index (κ1) is 20.2. The van der Waals surface area contributed by atoms with Crippen LogP contribution in [0.3, 0.4) is 0 Å². The minimum atomic E-state index is -0.315. The van der Waals surface area contributed by atoms with E-state index in [1.54, 1.807) is 18.2 Å². The number of amides is 2. The van der Waals surface area contributed by atoms with E-state index in [1.807, 2.05) is 25.1 Å². The molecule has 0 bridgehead atoms. The van der Waals surface area contributed by atoms with Gasteiger partial charge in [-0.05, 0) is 31.2 Å². The Bertz CT molecular complexity index is 1060. The number of halogens is 1. The smallest absolute Gasteiger partial charge is 0.319 e. The van der Waals surface area contributed by atoms with Crippen molar-refractivity contribution in [1.82, 2.24) is 15.3 Å². The normalized spacial score (nSPS) is 13.5. The fraction of sp³-hybridized carbons (Fsp3) is 0.286. The molecule has 30 heavy (non-hydrogen) atoms. The number of benzene rings is 2. The van der Waals surface area contributed by atoms with Gasteiger partial charge in [0.1, 0.15) is 17.8 Å². The van der Waals surface area contributed by atoms with Crippen LogP contribution >= 0.6 is 11.6 Å². The fourth-order valence-electron chi connectivity index (χ4n) is 2.93. The first-order valence-electron chi connectivity index (χ1n) is 9.60. The van der Waals surface area contributed by atoms with Gasteiger partial charge in [0, 0.05) is 24.6 Å². The summed E-state index contributed by atoms with van der Waals surface area (Å²) in [5, 5.41) is 6.64. The van der Waals surface area contributed by atoms with E-state index in [2.05, 4.69) is 20.6 Å². The predicted octanol–water partition coefficient (Wildman–Crippen LogP) is 4.24. The number of carbonyl (C=O) groups excluding carboxylic acids is 1. The number of ether oxygens (including phenoxy) is 3. The zero-order valence-electron chi connectivity index (χ0n) is 16.4. The number of aromatic nitrogens is 2. The summed E-state index contributed by atoms with van der Waals surface area (Å²) in [6, 6.07) is 10.2. The molecular formula is C21H21ClN4O4. The Labute approximate surface area is 178 Å². The molecule has 8 nitrogen and oxygen atoms in total. The van der Waals surface area contributed by atoms with Gasteiger partial charge in [-0.1, -0.05) is 11.6 Å². The average molecular weight is 429 g/mol. The van der Waals surface area contributed by atoms with Crippen molar-refractivity contribution in [2.45, 2.75) is 6.92 Å². The topological polar surface area (TPSA) is 94.6 Å². The molecular weight excluding hydrogens is 408 g/mol. The lowest BCUT2D eigenvalue weighted by molar-refractivity contribution is -0.0292. The second-order valence-corrected chi connectivity index (χ2v) is 7.18. The number of anilines is 1. The van der Waals surface area contributed by atoms with Crippen LogP contribution in [-0.2, 0) is 4.74 Å². The fourth-order valence-corrected chi connectivity index (χ4v) is 3.15. The van der Waals surface area contributed by atoms with Gasteiger partial charge < -0.3 is 24.8 Å². The van der Waals surface area contributed by atoms with E-state index in [0.29, 0.717) is 60.1 Å². The molecule has 2 N–H and O–H groups in total. The molecule has 2 heterocycles. The minimum absolute atomic E-state index is 0.315. The van der Waals surface area contributed by atoms with E-state index in [-0.39, 0.29) is 6.03 Å². The molecule has 0 unspecified atom stereocenters. The van der Waals surface area contributed by atoms with Crippen molar-refractivity contribution in [3.63, 3.8) is 0 Å². The number of carbonyl (C=O) groups is 1. The maximum absolute atomic E-state index is 12.0. The number of nitrogens with zero attached hydrogens (tertiary/aromatic N) is 2. The van der Waals surface area contributed by atoms with Crippen molar-refractivity contribution in [2.24, 2.45) is 5.92 Å². The van der Waals surface area contributed by atoms with Crippen molar-refractivity contribution >= 4 is 34.2 Å². The second-order valence-electron chi connectivity index (χ2n) is 6.77. The molecule has 3 aromatic rings. The van der Waals surface area contributed by atoms with Crippen molar-refractivity contribution < 1.29 is 19.0 Å². The monoisotopic (exact) mass is 428 g/mol. The summed E-state index contributed by atoms with van der Waals surface area (Å²) >= 11 is 6.32. The lowest BCUT2D eigenvalue weighted by atomic mass is 10.1. The van der Waals surface area contributed by atoms with Crippen LogP contribution in [0.4, 0.5) is 10.5 Å². The first-order valence-corrected chi connectivity index (χ1v) is 9.97. The summed E-state index contributed by atoms with van der Waals surface area (Å²) in [6.07, 6.45) is 1.43. The number of urea groups is 1. The van der Waals surface area contributed by atoms with Crippen molar-refractivity contribution in [3.05, 3.63) is 47.7 Å². The molecule has 2 amide bonds. The molecule has 1 aliphatic heterocycles. The third-order valence-electron chi connectivity index (χ3n) is 4.54. The zero-order chi connectivity index (χ0) is 20.9. The molecule has 1 aliphatic rings. The summed E-state index contributed by atoms with van der Waals surface area (Å²) in [5.74, 6) is 2.00. The molecule has 1 saturated heterocycles. The van der Waals surface area contributed by atoms with Crippen LogP contribution in [0, 0.1) is 5.92 Å². The van der Waals surface area contributed by atoms with E-state index in [0.717, 1.165) is 11.1 Å². The van der Waals surface area contributed by atoms with E-state index in [9.17, 15) is 4.79 Å². The molecule has 9 heteroatoms. The molecule has 1 fully saturated rings. The van der Waals surface area contributed by atoms with E-state index < -0.39 is 0 Å². The Balaban J connectivity index is 1.44. The molecule has 4 rings (SSSR count). The largest absolute Gasteiger partial charge is 0.494 e. The number of hydrogen-bond acceptors (Lipinski definition) is 6. The Kier molecular flexibility index (Phi) is 6.15. The molecule has 0 spiro atoms. The van der Waals surface area contributed by atoms with Gasteiger partial charge in [0.15, 0.2) is 0 Å². The minimum Gasteiger partial charge on any atom is -0.494 e. The van der Waals surface area contributed by atoms with Crippen LogP contribution in [0.1, 0.15) is 6.92 Å². The summed E-state index contributed by atoms with van der Waals surface area (Å²) in [7, 11) is 0. The summed E-state index contributed by atoms with van der Waals surface area (Å²) in [5.41, 5.74) is 1.20. The SMILES string of the molecule is CCOc1ccc2c(Oc3ccc(NC(=O)NCC4COC4)c(Cl)c3)ncnc2c1. The maximum Gasteiger partial charge on any atom is 0.319 e. The molecule has 156 valence electrons. The van der Waals surface area contributed by atoms with Crippen LogP contribution in [0.15, 0.2) is 42.7 Å². The Morgan fingerprint density at radius 2 is 2.03 bits per heavy atom. The van der Waals surface area contributed by atoms with Gasteiger partial charge in [-0.3, -0.25) is 0 Å². The van der Waals surface area contributed by atoms with Gasteiger partial charge >= 0.3 is 6.03 Å². The van der Waals surface area contributed by atoms with Crippen LogP contribution in [0.2, 0.25) is 5.02 Å². The van der Waals surface area contributed by atoms with Crippen molar-refractivity contribution in [2.75, 3.05) is 31.7 Å². The number of fused-ring (bicyclic) bond motifs is 1. The van der Waals surface area contributed by atoms with Gasteiger partial charge in [-0.25, -0.2) is 14.8 Å². The van der Waals surface area contributed by atoms with Gasteiger partial charge in [0.05, 0.1) is 41.4 Å². The van der Waals surface area contributed by atoms with Gasteiger partial charge in [-0.15, -0.1) is 0 Å². The Morgan fingerprint density at radius 1 is 1.20 bits per heavy atom. The number of hydrogen-bond donors (Lipinski definition) is 2. The van der Waals surface area contributed by atoms with Gasteiger partial charge in [0.25, 0.3) is 0 Å². The van der Waals surface area contributed by atoms with E-state index in [4.69, 9.17) is 25.8 Å². The summed E-state index contributed by atoms with van der Waals surface area (Å²) in [6.45, 7) is 4.42. The molecule has 0 saturated carbocycles. The lowest BCUT2D eigenvalue weighted by Gasteiger charge is -2.25. The van der Waals surface area contributed by atoms with Crippen LogP contribution in [0.5, 0.6) is 17.4 Å². The molecule has 0 radical (unpaired) electrons. The summed E-state index contributed by atoms with van der Waals surface area (Å²) in [4.78, 5) is 20.5. The third kappa shape index (κ3) is 4.72. The van der Waals surface area contributed by atoms with Crippen LogP contribution < -0.4 is 20.1 Å². The van der Waals surface area contributed by atoms with Crippen molar-refractivity contribution in [1.29, 1.82) is 0 Å². The molecule has 1 aromatic heterocycles. The van der Waals surface area contributed by atoms with Crippen LogP contribution in [-0.4, -0.2) is 42.4 Å². The number of nitrogens with one attached hydrogen (secondary N) is 2. The Morgan fingerprint density at radius 3 is 2.77 bits per heavy atom. The number of rotatable bonds is 7. The second kappa shape index (κ2) is 9.15. The predicted molar refractivity (Wildman–Crippen MR) is 114 cm³/mol. The van der Waals surface area contributed by atoms with Gasteiger partial charge in [0.2, 0.25) is 5.88 Å². The Hall–Kier alpha value is -3.10. The first-order chi connectivity index (χ1) is 14.6. The van der Waals surface area contributed by atoms with Crippen molar-refractivity contribution in [3.8, 4) is 17.4 Å². The highest BCUT2D eigenvalue weighted by Crippen LogP contribution is 2.32. The highest BCUT2D eigenvalue weighted by molar-refractivity contribution is 6.33. The highest BCUT2D eigenvalue weighted by atomic mass is 35.5. The summed E-state index contributed by atoms with van der Waals surface area (Å²) < 4.78 is 16.5. The van der Waals surface area contributed by atoms with Crippen LogP contribution in [0.25, 0.3) is 10.9 Å². The van der Waals surface area contributed by atoms with Gasteiger partial charge in [-0.2, -0.15) is 0 Å². The highest BCUT2D eigenvalue weighted by Gasteiger charge is 2.19. The third-order valence-corrected chi connectivity index (χ3v) is 4.86. The lowest BCUT2D eigenvalue weighted by Crippen LogP contribution is -2.40. The molecule has 2 aromatic carbocycles. The standard InChI is InChI=1S/C21H21ClN4O4/c1-2-29-14-3-5-16-19(8-14)24-12-25-20(16)30-15-4-6-18(17(22)7-15)26-21(27)23-9-13-10-28-11-13/h3-8,12-13H,2,9-11H2,1H3,(H2,23,26,27). The van der Waals surface area contributed by atoms with E-state index >= 15 is 0 Å². The molecule has 0 aliphatic carbocycles. The molecule has 0 atom stereocenters. The maximum atomic E-state index is 12.0. The van der Waals surface area contributed by atoms with E-state index in [1.165, 1.54) is 6.33 Å².